The predicted octanol–water partition coefficient (Wildman–Crippen LogP) is 4.20. The molecule has 1 aromatic carbocycles. The Balaban J connectivity index is 2.10. The molecule has 0 radical (unpaired) electrons. The number of benzene rings is 1. The van der Waals surface area contributed by atoms with Crippen molar-refractivity contribution in [2.75, 3.05) is 7.11 Å². The molecule has 0 bridgehead atoms. The molecule has 19 heavy (non-hydrogen) atoms. The minimum Gasteiger partial charge on any atom is -0.484 e. The summed E-state index contributed by atoms with van der Waals surface area (Å²) in [6.07, 6.45) is 3.34. The molecule has 1 aromatic rings. The van der Waals surface area contributed by atoms with Crippen molar-refractivity contribution >= 4 is 15.9 Å². The SMILES string of the molecule is COC1CCCC(Oc2c(F)cc(CBr)cc2F)C1. The third-order valence-electron chi connectivity index (χ3n) is 3.41. The van der Waals surface area contributed by atoms with Crippen molar-refractivity contribution in [2.45, 2.75) is 43.2 Å². The number of hydrogen-bond donors (Lipinski definition) is 0. The number of ether oxygens (including phenoxy) is 2. The molecule has 0 aromatic heterocycles. The summed E-state index contributed by atoms with van der Waals surface area (Å²) in [6, 6.07) is 2.59. The summed E-state index contributed by atoms with van der Waals surface area (Å²) in [5.74, 6) is -1.56. The van der Waals surface area contributed by atoms with Crippen LogP contribution in [-0.2, 0) is 10.1 Å². The lowest BCUT2D eigenvalue weighted by molar-refractivity contribution is 0.0184. The van der Waals surface area contributed by atoms with Crippen LogP contribution in [-0.4, -0.2) is 19.3 Å². The third-order valence-corrected chi connectivity index (χ3v) is 4.06. The standard InChI is InChI=1S/C14H17BrF2O2/c1-18-10-3-2-4-11(7-10)19-14-12(16)5-9(8-15)6-13(14)17/h5-6,10-11H,2-4,7-8H2,1H3. The highest BCUT2D eigenvalue weighted by molar-refractivity contribution is 9.08. The zero-order chi connectivity index (χ0) is 13.8. The Labute approximate surface area is 120 Å². The fourth-order valence-corrected chi connectivity index (χ4v) is 2.72. The molecular formula is C14H17BrF2O2. The molecule has 0 amide bonds. The van der Waals surface area contributed by atoms with E-state index in [4.69, 9.17) is 9.47 Å². The Hall–Kier alpha value is -0.680. The van der Waals surface area contributed by atoms with E-state index in [2.05, 4.69) is 15.9 Å². The van der Waals surface area contributed by atoms with Gasteiger partial charge in [0.25, 0.3) is 0 Å². The molecule has 2 unspecified atom stereocenters. The number of halogens is 3. The fourth-order valence-electron chi connectivity index (χ4n) is 2.39. The van der Waals surface area contributed by atoms with Gasteiger partial charge in [0.15, 0.2) is 17.4 Å². The smallest absolute Gasteiger partial charge is 0.191 e. The molecule has 2 nitrogen and oxygen atoms in total. The molecule has 0 aliphatic heterocycles. The molecule has 0 N–H and O–H groups in total. The Morgan fingerprint density at radius 1 is 1.21 bits per heavy atom. The van der Waals surface area contributed by atoms with Gasteiger partial charge in [-0.2, -0.15) is 0 Å². The summed E-state index contributed by atoms with van der Waals surface area (Å²) in [4.78, 5) is 0. The van der Waals surface area contributed by atoms with Gasteiger partial charge in [-0.15, -0.1) is 0 Å². The molecular weight excluding hydrogens is 318 g/mol. The fraction of sp³-hybridized carbons (Fsp3) is 0.571. The van der Waals surface area contributed by atoms with Crippen LogP contribution >= 0.6 is 15.9 Å². The van der Waals surface area contributed by atoms with Crippen LogP contribution in [0, 0.1) is 11.6 Å². The molecule has 106 valence electrons. The van der Waals surface area contributed by atoms with E-state index in [1.807, 2.05) is 0 Å². The van der Waals surface area contributed by atoms with Crippen molar-refractivity contribution in [1.82, 2.24) is 0 Å². The van der Waals surface area contributed by atoms with Crippen LogP contribution in [0.4, 0.5) is 8.78 Å². The molecule has 1 saturated carbocycles. The lowest BCUT2D eigenvalue weighted by atomic mass is 9.95. The van der Waals surface area contributed by atoms with E-state index < -0.39 is 11.6 Å². The average Bonchev–Trinajstić information content (AvgIpc) is 2.42. The van der Waals surface area contributed by atoms with Gasteiger partial charge in [0, 0.05) is 18.9 Å². The second-order valence-corrected chi connectivity index (χ2v) is 5.35. The van der Waals surface area contributed by atoms with E-state index in [9.17, 15) is 8.78 Å². The van der Waals surface area contributed by atoms with Gasteiger partial charge in [-0.3, -0.25) is 0 Å². The second-order valence-electron chi connectivity index (χ2n) is 4.79. The number of rotatable bonds is 4. The maximum atomic E-state index is 13.8. The minimum absolute atomic E-state index is 0.117. The molecule has 1 aliphatic carbocycles. The number of alkyl halides is 1. The zero-order valence-electron chi connectivity index (χ0n) is 10.8. The molecule has 0 heterocycles. The van der Waals surface area contributed by atoms with E-state index in [0.717, 1.165) is 19.3 Å². The summed E-state index contributed by atoms with van der Waals surface area (Å²) < 4.78 is 38.4. The first-order valence-corrected chi connectivity index (χ1v) is 7.49. The predicted molar refractivity (Wildman–Crippen MR) is 72.7 cm³/mol. The second kappa shape index (κ2) is 6.66. The van der Waals surface area contributed by atoms with Gasteiger partial charge in [-0.1, -0.05) is 15.9 Å². The van der Waals surface area contributed by atoms with Crippen LogP contribution in [0.15, 0.2) is 12.1 Å². The van der Waals surface area contributed by atoms with Crippen molar-refractivity contribution in [3.63, 3.8) is 0 Å². The third kappa shape index (κ3) is 3.66. The number of methoxy groups -OCH3 is 1. The Morgan fingerprint density at radius 3 is 2.42 bits per heavy atom. The normalized spacial score (nSPS) is 23.4. The van der Waals surface area contributed by atoms with Crippen molar-refractivity contribution in [1.29, 1.82) is 0 Å². The van der Waals surface area contributed by atoms with Crippen molar-refractivity contribution < 1.29 is 18.3 Å². The van der Waals surface area contributed by atoms with Gasteiger partial charge < -0.3 is 9.47 Å². The molecule has 5 heteroatoms. The van der Waals surface area contributed by atoms with Crippen molar-refractivity contribution in [2.24, 2.45) is 0 Å². The highest BCUT2D eigenvalue weighted by atomic mass is 79.9. The van der Waals surface area contributed by atoms with E-state index in [0.29, 0.717) is 17.3 Å². The molecule has 1 aliphatic rings. The van der Waals surface area contributed by atoms with Crippen LogP contribution in [0.1, 0.15) is 31.2 Å². The average molecular weight is 335 g/mol. The van der Waals surface area contributed by atoms with Crippen LogP contribution < -0.4 is 4.74 Å². The molecule has 2 atom stereocenters. The van der Waals surface area contributed by atoms with E-state index in [1.165, 1.54) is 12.1 Å². The van der Waals surface area contributed by atoms with Gasteiger partial charge in [-0.25, -0.2) is 8.78 Å². The lowest BCUT2D eigenvalue weighted by Gasteiger charge is -2.28. The van der Waals surface area contributed by atoms with Gasteiger partial charge in [0.1, 0.15) is 6.10 Å². The summed E-state index contributed by atoms with van der Waals surface area (Å²) in [7, 11) is 1.65. The van der Waals surface area contributed by atoms with Crippen LogP contribution in [0.2, 0.25) is 0 Å². The van der Waals surface area contributed by atoms with E-state index in [1.54, 1.807) is 7.11 Å². The molecule has 0 spiro atoms. The van der Waals surface area contributed by atoms with Gasteiger partial charge in [0.2, 0.25) is 0 Å². The quantitative estimate of drug-likeness (QED) is 0.768. The maximum Gasteiger partial charge on any atom is 0.191 e. The highest BCUT2D eigenvalue weighted by Gasteiger charge is 2.25. The summed E-state index contributed by atoms with van der Waals surface area (Å²) in [5, 5.41) is 0.413. The summed E-state index contributed by atoms with van der Waals surface area (Å²) >= 11 is 3.18. The summed E-state index contributed by atoms with van der Waals surface area (Å²) in [5.41, 5.74) is 0.556. The number of hydrogen-bond acceptors (Lipinski definition) is 2. The van der Waals surface area contributed by atoms with E-state index >= 15 is 0 Å². The van der Waals surface area contributed by atoms with Crippen molar-refractivity contribution in [3.8, 4) is 5.75 Å². The Bertz CT molecular complexity index is 416. The first-order valence-electron chi connectivity index (χ1n) is 6.37. The topological polar surface area (TPSA) is 18.5 Å². The zero-order valence-corrected chi connectivity index (χ0v) is 12.4. The van der Waals surface area contributed by atoms with Crippen LogP contribution in [0.25, 0.3) is 0 Å². The lowest BCUT2D eigenvalue weighted by Crippen LogP contribution is -2.30. The monoisotopic (exact) mass is 334 g/mol. The first-order chi connectivity index (χ1) is 9.13. The largest absolute Gasteiger partial charge is 0.484 e. The summed E-state index contributed by atoms with van der Waals surface area (Å²) in [6.45, 7) is 0. The molecule has 2 rings (SSSR count). The Kier molecular flexibility index (Phi) is 5.16. The first kappa shape index (κ1) is 14.7. The Morgan fingerprint density at radius 2 is 1.84 bits per heavy atom. The van der Waals surface area contributed by atoms with Crippen LogP contribution in [0.3, 0.4) is 0 Å². The molecule has 0 saturated heterocycles. The van der Waals surface area contributed by atoms with Crippen LogP contribution in [0.5, 0.6) is 5.75 Å². The van der Waals surface area contributed by atoms with Crippen molar-refractivity contribution in [3.05, 3.63) is 29.3 Å². The minimum atomic E-state index is -0.644. The molecule has 1 fully saturated rings. The van der Waals surface area contributed by atoms with Gasteiger partial charge >= 0.3 is 0 Å². The van der Waals surface area contributed by atoms with Gasteiger partial charge in [0.05, 0.1) is 6.10 Å². The highest BCUT2D eigenvalue weighted by Crippen LogP contribution is 2.30. The van der Waals surface area contributed by atoms with Gasteiger partial charge in [-0.05, 0) is 37.0 Å². The maximum absolute atomic E-state index is 13.8. The van der Waals surface area contributed by atoms with E-state index in [-0.39, 0.29) is 18.0 Å².